The zero-order valence-electron chi connectivity index (χ0n) is 6.45. The van der Waals surface area contributed by atoms with Crippen molar-refractivity contribution in [3.05, 3.63) is 0 Å². The quantitative estimate of drug-likeness (QED) is 0.704. The smallest absolute Gasteiger partial charge is 0.302 e. The van der Waals surface area contributed by atoms with Crippen molar-refractivity contribution in [2.75, 3.05) is 13.1 Å². The summed E-state index contributed by atoms with van der Waals surface area (Å²) >= 11 is 0. The highest BCUT2D eigenvalue weighted by atomic mass is 19.4. The van der Waals surface area contributed by atoms with Gasteiger partial charge in [-0.25, -0.2) is 0 Å². The van der Waals surface area contributed by atoms with Gasteiger partial charge in [-0.2, -0.15) is 13.2 Å². The van der Waals surface area contributed by atoms with E-state index >= 15 is 0 Å². The van der Waals surface area contributed by atoms with Crippen molar-refractivity contribution in [2.45, 2.75) is 19.0 Å². The molecule has 1 aliphatic rings. The van der Waals surface area contributed by atoms with Gasteiger partial charge >= 0.3 is 6.18 Å². The molecular weight excluding hydrogens is 171 g/mol. The van der Waals surface area contributed by atoms with Crippen LogP contribution in [-0.2, 0) is 4.79 Å². The molecule has 1 aliphatic carbocycles. The summed E-state index contributed by atoms with van der Waals surface area (Å²) in [4.78, 5) is 10.9. The maximum Gasteiger partial charge on any atom is 0.401 e. The number of hydrogen-bond donors (Lipinski definition) is 1. The van der Waals surface area contributed by atoms with Gasteiger partial charge in [0.15, 0.2) is 0 Å². The SMILES string of the molecule is O=C(CNCC(F)(F)F)C1CC1. The molecule has 0 amide bonds. The number of halogens is 3. The monoisotopic (exact) mass is 181 g/mol. The summed E-state index contributed by atoms with van der Waals surface area (Å²) in [5, 5.41) is 2.07. The largest absolute Gasteiger partial charge is 0.401 e. The summed E-state index contributed by atoms with van der Waals surface area (Å²) in [6, 6.07) is 0. The van der Waals surface area contributed by atoms with Crippen molar-refractivity contribution >= 4 is 5.78 Å². The first-order valence-corrected chi connectivity index (χ1v) is 3.79. The molecule has 0 bridgehead atoms. The van der Waals surface area contributed by atoms with Gasteiger partial charge in [0.1, 0.15) is 5.78 Å². The van der Waals surface area contributed by atoms with Crippen LogP contribution in [0.25, 0.3) is 0 Å². The van der Waals surface area contributed by atoms with E-state index in [0.29, 0.717) is 0 Å². The lowest BCUT2D eigenvalue weighted by molar-refractivity contribution is -0.128. The van der Waals surface area contributed by atoms with Crippen LogP contribution in [-0.4, -0.2) is 25.0 Å². The lowest BCUT2D eigenvalue weighted by atomic mass is 10.3. The van der Waals surface area contributed by atoms with Crippen LogP contribution in [0.3, 0.4) is 0 Å². The van der Waals surface area contributed by atoms with E-state index in [4.69, 9.17) is 0 Å². The first-order chi connectivity index (χ1) is 5.49. The van der Waals surface area contributed by atoms with Crippen LogP contribution in [0.4, 0.5) is 13.2 Å². The van der Waals surface area contributed by atoms with Crippen LogP contribution in [0.1, 0.15) is 12.8 Å². The van der Waals surface area contributed by atoms with Crippen molar-refractivity contribution in [2.24, 2.45) is 5.92 Å². The average Bonchev–Trinajstić information content (AvgIpc) is 2.64. The third-order valence-electron chi connectivity index (χ3n) is 1.66. The molecule has 1 N–H and O–H groups in total. The van der Waals surface area contributed by atoms with Crippen LogP contribution in [0.5, 0.6) is 0 Å². The number of rotatable bonds is 4. The number of ketones is 1. The first kappa shape index (κ1) is 9.51. The van der Waals surface area contributed by atoms with Gasteiger partial charge in [-0.15, -0.1) is 0 Å². The minimum absolute atomic E-state index is 0.0331. The van der Waals surface area contributed by atoms with E-state index < -0.39 is 12.7 Å². The maximum atomic E-state index is 11.5. The normalized spacial score (nSPS) is 17.9. The fraction of sp³-hybridized carbons (Fsp3) is 0.857. The molecule has 1 fully saturated rings. The summed E-state index contributed by atoms with van der Waals surface area (Å²) in [7, 11) is 0. The van der Waals surface area contributed by atoms with Gasteiger partial charge in [0.25, 0.3) is 0 Å². The molecule has 2 nitrogen and oxygen atoms in total. The highest BCUT2D eigenvalue weighted by molar-refractivity contribution is 5.84. The zero-order valence-corrected chi connectivity index (χ0v) is 6.45. The van der Waals surface area contributed by atoms with Crippen molar-refractivity contribution in [3.63, 3.8) is 0 Å². The zero-order chi connectivity index (χ0) is 9.19. The second kappa shape index (κ2) is 3.43. The fourth-order valence-electron chi connectivity index (χ4n) is 0.877. The molecule has 70 valence electrons. The van der Waals surface area contributed by atoms with Crippen LogP contribution in [0.15, 0.2) is 0 Å². The van der Waals surface area contributed by atoms with Gasteiger partial charge in [0.05, 0.1) is 13.1 Å². The minimum Gasteiger partial charge on any atom is -0.302 e. The predicted octanol–water partition coefficient (Wildman–Crippen LogP) is 1.12. The van der Waals surface area contributed by atoms with E-state index in [-0.39, 0.29) is 18.2 Å². The topological polar surface area (TPSA) is 29.1 Å². The molecule has 0 aliphatic heterocycles. The highest BCUT2D eigenvalue weighted by Crippen LogP contribution is 2.29. The Bertz CT molecular complexity index is 174. The van der Waals surface area contributed by atoms with Crippen LogP contribution < -0.4 is 5.32 Å². The summed E-state index contributed by atoms with van der Waals surface area (Å²) in [5.41, 5.74) is 0. The molecule has 0 aromatic heterocycles. The van der Waals surface area contributed by atoms with Gasteiger partial charge in [-0.1, -0.05) is 0 Å². The van der Waals surface area contributed by atoms with Gasteiger partial charge < -0.3 is 5.32 Å². The van der Waals surface area contributed by atoms with E-state index in [1.54, 1.807) is 0 Å². The molecule has 12 heavy (non-hydrogen) atoms. The van der Waals surface area contributed by atoms with Crippen molar-refractivity contribution < 1.29 is 18.0 Å². The molecule has 0 spiro atoms. The Labute approximate surface area is 68.1 Å². The van der Waals surface area contributed by atoms with E-state index in [2.05, 4.69) is 5.32 Å². The van der Waals surface area contributed by atoms with E-state index in [0.717, 1.165) is 12.8 Å². The lowest BCUT2D eigenvalue weighted by Crippen LogP contribution is -2.33. The number of carbonyl (C=O) groups excluding carboxylic acids is 1. The molecule has 0 atom stereocenters. The van der Waals surface area contributed by atoms with Crippen LogP contribution in [0, 0.1) is 5.92 Å². The molecule has 0 aromatic carbocycles. The third-order valence-corrected chi connectivity index (χ3v) is 1.66. The summed E-state index contributed by atoms with van der Waals surface area (Å²) < 4.78 is 34.6. The van der Waals surface area contributed by atoms with Gasteiger partial charge in [-0.3, -0.25) is 4.79 Å². The highest BCUT2D eigenvalue weighted by Gasteiger charge is 2.31. The summed E-state index contributed by atoms with van der Waals surface area (Å²) in [6.45, 7) is -1.23. The standard InChI is InChI=1S/C7H10F3NO/c8-7(9,10)4-11-3-6(12)5-1-2-5/h5,11H,1-4H2. The Morgan fingerprint density at radius 3 is 2.42 bits per heavy atom. The predicted molar refractivity (Wildman–Crippen MR) is 36.7 cm³/mol. The summed E-state index contributed by atoms with van der Waals surface area (Å²) in [6.07, 6.45) is -2.54. The maximum absolute atomic E-state index is 11.5. The molecular formula is C7H10F3NO. The average molecular weight is 181 g/mol. The second-order valence-corrected chi connectivity index (χ2v) is 2.96. The van der Waals surface area contributed by atoms with E-state index in [1.807, 2.05) is 0 Å². The van der Waals surface area contributed by atoms with E-state index in [9.17, 15) is 18.0 Å². The van der Waals surface area contributed by atoms with Gasteiger partial charge in [-0.05, 0) is 12.8 Å². The summed E-state index contributed by atoms with van der Waals surface area (Å²) in [5.74, 6) is -0.0648. The van der Waals surface area contributed by atoms with Gasteiger partial charge in [0, 0.05) is 5.92 Å². The second-order valence-electron chi connectivity index (χ2n) is 2.96. The Hall–Kier alpha value is -0.580. The third kappa shape index (κ3) is 3.71. The minimum atomic E-state index is -4.22. The molecule has 1 rings (SSSR count). The number of hydrogen-bond acceptors (Lipinski definition) is 2. The molecule has 0 saturated heterocycles. The Kier molecular flexibility index (Phi) is 2.72. The fourth-order valence-corrected chi connectivity index (χ4v) is 0.877. The number of nitrogens with one attached hydrogen (secondary N) is 1. The van der Waals surface area contributed by atoms with Crippen LogP contribution in [0.2, 0.25) is 0 Å². The molecule has 0 radical (unpaired) electrons. The molecule has 0 unspecified atom stereocenters. The Balaban J connectivity index is 2.05. The van der Waals surface area contributed by atoms with Crippen LogP contribution >= 0.6 is 0 Å². The van der Waals surface area contributed by atoms with Crippen molar-refractivity contribution in [3.8, 4) is 0 Å². The molecule has 1 saturated carbocycles. The Morgan fingerprint density at radius 1 is 1.42 bits per heavy atom. The lowest BCUT2D eigenvalue weighted by Gasteiger charge is -2.06. The van der Waals surface area contributed by atoms with Crippen molar-refractivity contribution in [1.29, 1.82) is 0 Å². The van der Waals surface area contributed by atoms with E-state index in [1.165, 1.54) is 0 Å². The first-order valence-electron chi connectivity index (χ1n) is 3.79. The number of Topliss-reactive ketones (excluding diaryl/α,β-unsaturated/α-hetero) is 1. The Morgan fingerprint density at radius 2 is 2.00 bits per heavy atom. The van der Waals surface area contributed by atoms with Crippen molar-refractivity contribution in [1.82, 2.24) is 5.32 Å². The molecule has 0 aromatic rings. The molecule has 0 heterocycles. The van der Waals surface area contributed by atoms with Gasteiger partial charge in [0.2, 0.25) is 0 Å². The molecule has 5 heteroatoms. The number of carbonyl (C=O) groups is 1. The number of alkyl halides is 3.